The third kappa shape index (κ3) is 4.35. The molecule has 0 saturated carbocycles. The fourth-order valence-electron chi connectivity index (χ4n) is 0.643. The van der Waals surface area contributed by atoms with Crippen LogP contribution in [-0.2, 0) is 20.4 Å². The van der Waals surface area contributed by atoms with E-state index >= 15 is 0 Å². The van der Waals surface area contributed by atoms with Crippen molar-refractivity contribution in [1.82, 2.24) is 0 Å². The Morgan fingerprint density at radius 2 is 2.00 bits per heavy atom. The second kappa shape index (κ2) is 5.16. The van der Waals surface area contributed by atoms with Gasteiger partial charge >= 0.3 is 0 Å². The summed E-state index contributed by atoms with van der Waals surface area (Å²) in [6, 6.07) is 0. The number of ketones is 2. The summed E-state index contributed by atoms with van der Waals surface area (Å²) in [6.45, 7) is 1.11. The maximum Gasteiger partial charge on any atom is 0.226 e. The van der Waals surface area contributed by atoms with E-state index in [9.17, 15) is 13.8 Å². The molecule has 12 heavy (non-hydrogen) atoms. The maximum atomic E-state index is 10.8. The van der Waals surface area contributed by atoms with E-state index in [2.05, 4.69) is 0 Å². The fourth-order valence-corrected chi connectivity index (χ4v) is 1.20. The van der Waals surface area contributed by atoms with Gasteiger partial charge in [-0.15, -0.1) is 0 Å². The number of hydrogen-bond donors (Lipinski definition) is 1. The third-order valence-electron chi connectivity index (χ3n) is 1.33. The van der Waals surface area contributed by atoms with Gasteiger partial charge < -0.3 is 5.11 Å². The Kier molecular flexibility index (Phi) is 4.92. The molecule has 0 aliphatic rings. The fraction of sp³-hybridized carbons (Fsp3) is 0.714. The first-order chi connectivity index (χ1) is 5.45. The Labute approximate surface area is 73.4 Å². The summed E-state index contributed by atoms with van der Waals surface area (Å²) in [5.41, 5.74) is 0. The highest BCUT2D eigenvalue weighted by atomic mass is 32.2. The largest absolute Gasteiger partial charge is 0.385 e. The zero-order valence-corrected chi connectivity index (χ0v) is 7.89. The van der Waals surface area contributed by atoms with E-state index in [0.717, 1.165) is 6.92 Å². The molecule has 0 aliphatic carbocycles. The number of aliphatic hydroxyl groups excluding tert-OH is 1. The summed E-state index contributed by atoms with van der Waals surface area (Å²) in [4.78, 5) is 21.2. The van der Waals surface area contributed by atoms with Crippen LogP contribution in [0.5, 0.6) is 0 Å². The van der Waals surface area contributed by atoms with E-state index in [1.807, 2.05) is 0 Å². The number of carbonyl (C=O) groups excluding carboxylic acids is 2. The van der Waals surface area contributed by atoms with Crippen LogP contribution in [-0.4, -0.2) is 39.0 Å². The van der Waals surface area contributed by atoms with Crippen LogP contribution < -0.4 is 0 Å². The molecular formula is C7H12O4S. The average molecular weight is 192 g/mol. The number of aliphatic hydroxyl groups is 1. The van der Waals surface area contributed by atoms with Gasteiger partial charge in [0.2, 0.25) is 5.78 Å². The van der Waals surface area contributed by atoms with Crippen LogP contribution in [0.3, 0.4) is 0 Å². The Morgan fingerprint density at radius 3 is 2.33 bits per heavy atom. The van der Waals surface area contributed by atoms with Crippen molar-refractivity contribution >= 4 is 22.4 Å². The van der Waals surface area contributed by atoms with E-state index < -0.39 is 28.5 Å². The molecule has 0 aromatic heterocycles. The first-order valence-electron chi connectivity index (χ1n) is 3.48. The van der Waals surface area contributed by atoms with E-state index in [4.69, 9.17) is 5.11 Å². The van der Waals surface area contributed by atoms with Crippen molar-refractivity contribution in [2.24, 2.45) is 0 Å². The molecule has 1 N–H and O–H groups in total. The molecule has 0 aromatic rings. The monoisotopic (exact) mass is 192 g/mol. The number of hydrogen-bond acceptors (Lipinski definition) is 4. The van der Waals surface area contributed by atoms with Crippen LogP contribution in [0.2, 0.25) is 0 Å². The first-order valence-corrected chi connectivity index (χ1v) is 5.20. The van der Waals surface area contributed by atoms with Gasteiger partial charge in [-0.05, 0) is 6.42 Å². The van der Waals surface area contributed by atoms with Gasteiger partial charge in [0.05, 0.1) is 0 Å². The lowest BCUT2D eigenvalue weighted by Gasteiger charge is -2.04. The Morgan fingerprint density at radius 1 is 1.50 bits per heavy atom. The van der Waals surface area contributed by atoms with Crippen molar-refractivity contribution in [1.29, 1.82) is 0 Å². The molecule has 0 radical (unpaired) electrons. The van der Waals surface area contributed by atoms with Gasteiger partial charge in [0.25, 0.3) is 0 Å². The quantitative estimate of drug-likeness (QED) is 0.583. The Hall–Kier alpha value is -0.550. The number of carbonyl (C=O) groups is 2. The second-order valence-electron chi connectivity index (χ2n) is 2.50. The predicted octanol–water partition coefficient (Wildman–Crippen LogP) is -0.726. The molecule has 0 fully saturated rings. The molecule has 0 rings (SSSR count). The summed E-state index contributed by atoms with van der Waals surface area (Å²) in [6.07, 6.45) is 0.276. The second-order valence-corrected chi connectivity index (χ2v) is 4.06. The van der Waals surface area contributed by atoms with Crippen LogP contribution in [0.25, 0.3) is 0 Å². The van der Waals surface area contributed by atoms with E-state index in [1.54, 1.807) is 0 Å². The average Bonchev–Trinajstić information content (AvgIpc) is 1.98. The van der Waals surface area contributed by atoms with Gasteiger partial charge in [0, 0.05) is 29.7 Å². The van der Waals surface area contributed by atoms with Gasteiger partial charge in [-0.3, -0.25) is 13.8 Å². The van der Waals surface area contributed by atoms with Crippen molar-refractivity contribution in [2.45, 2.75) is 19.4 Å². The molecule has 0 spiro atoms. The summed E-state index contributed by atoms with van der Waals surface area (Å²) in [7, 11) is -1.04. The minimum atomic E-state index is -1.29. The van der Waals surface area contributed by atoms with Crippen LogP contribution in [0.15, 0.2) is 0 Å². The Balaban J connectivity index is 3.87. The molecule has 0 saturated heterocycles. The molecular weight excluding hydrogens is 180 g/mol. The standard InChI is InChI=1S/C7H12O4S/c1-5(8)7(10)6(9)3-4-12(2)11/h6,9H,3-4H2,1-2H3. The molecule has 2 atom stereocenters. The maximum absolute atomic E-state index is 10.8. The lowest BCUT2D eigenvalue weighted by atomic mass is 10.1. The minimum absolute atomic E-state index is 0.0848. The van der Waals surface area contributed by atoms with Gasteiger partial charge in [0.15, 0.2) is 5.78 Å². The molecule has 70 valence electrons. The third-order valence-corrected chi connectivity index (χ3v) is 2.14. The zero-order chi connectivity index (χ0) is 9.72. The molecule has 0 bridgehead atoms. The number of rotatable bonds is 5. The highest BCUT2D eigenvalue weighted by molar-refractivity contribution is 7.84. The SMILES string of the molecule is CC(=O)C(=O)C(O)CCS(C)=O. The molecule has 2 unspecified atom stereocenters. The number of Topliss-reactive ketones (excluding diaryl/α,β-unsaturated/α-hetero) is 2. The van der Waals surface area contributed by atoms with Gasteiger partial charge in [-0.25, -0.2) is 0 Å². The van der Waals surface area contributed by atoms with Crippen molar-refractivity contribution in [2.75, 3.05) is 12.0 Å². The van der Waals surface area contributed by atoms with Crippen molar-refractivity contribution in [3.05, 3.63) is 0 Å². The first kappa shape index (κ1) is 11.4. The van der Waals surface area contributed by atoms with Crippen LogP contribution in [0.1, 0.15) is 13.3 Å². The molecule has 0 aromatic carbocycles. The smallest absolute Gasteiger partial charge is 0.226 e. The van der Waals surface area contributed by atoms with Crippen LogP contribution in [0, 0.1) is 0 Å². The minimum Gasteiger partial charge on any atom is -0.385 e. The topological polar surface area (TPSA) is 71.4 Å². The highest BCUT2D eigenvalue weighted by Gasteiger charge is 2.18. The van der Waals surface area contributed by atoms with Gasteiger partial charge in [0.1, 0.15) is 6.10 Å². The van der Waals surface area contributed by atoms with Crippen LogP contribution >= 0.6 is 0 Å². The zero-order valence-electron chi connectivity index (χ0n) is 7.07. The van der Waals surface area contributed by atoms with E-state index in [1.165, 1.54) is 6.26 Å². The predicted molar refractivity (Wildman–Crippen MR) is 45.2 cm³/mol. The van der Waals surface area contributed by atoms with E-state index in [-0.39, 0.29) is 12.2 Å². The lowest BCUT2D eigenvalue weighted by Crippen LogP contribution is -2.27. The lowest BCUT2D eigenvalue weighted by molar-refractivity contribution is -0.140. The van der Waals surface area contributed by atoms with E-state index in [0.29, 0.717) is 0 Å². The summed E-state index contributed by atoms with van der Waals surface area (Å²) in [5.74, 6) is -1.23. The molecule has 0 amide bonds. The normalized spacial score (nSPS) is 15.2. The summed E-state index contributed by atoms with van der Waals surface area (Å²) >= 11 is 0. The van der Waals surface area contributed by atoms with Crippen molar-refractivity contribution < 1.29 is 18.9 Å². The molecule has 4 nitrogen and oxygen atoms in total. The summed E-state index contributed by atoms with van der Waals surface area (Å²) in [5, 5.41) is 9.03. The van der Waals surface area contributed by atoms with Crippen molar-refractivity contribution in [3.63, 3.8) is 0 Å². The molecule has 0 aliphatic heterocycles. The molecule has 0 heterocycles. The van der Waals surface area contributed by atoms with Crippen molar-refractivity contribution in [3.8, 4) is 0 Å². The highest BCUT2D eigenvalue weighted by Crippen LogP contribution is 1.95. The Bertz CT molecular complexity index is 211. The van der Waals surface area contributed by atoms with Gasteiger partial charge in [-0.2, -0.15) is 0 Å². The van der Waals surface area contributed by atoms with Gasteiger partial charge in [-0.1, -0.05) is 0 Å². The molecule has 5 heteroatoms. The summed E-state index contributed by atoms with van der Waals surface area (Å²) < 4.78 is 10.5. The van der Waals surface area contributed by atoms with Crippen LogP contribution in [0.4, 0.5) is 0 Å².